The lowest BCUT2D eigenvalue weighted by molar-refractivity contribution is 0.403. The molecular formula is C17H21N5O6S2. The van der Waals surface area contributed by atoms with Crippen LogP contribution in [0.15, 0.2) is 43.5 Å². The largest absolute Gasteiger partial charge is 0.417 e. The summed E-state index contributed by atoms with van der Waals surface area (Å²) in [6.07, 6.45) is 1.79. The Balaban J connectivity index is 1.57. The number of aromatic nitrogens is 3. The molecule has 3 heterocycles. The molecule has 30 heavy (non-hydrogen) atoms. The summed E-state index contributed by atoms with van der Waals surface area (Å²) in [4.78, 5) is 17.9. The smallest absolute Gasteiger partial charge is 0.408 e. The predicted octanol–water partition coefficient (Wildman–Crippen LogP) is 0.248. The Morgan fingerprint density at radius 3 is 2.33 bits per heavy atom. The molecule has 1 aromatic carbocycles. The molecule has 0 spiro atoms. The van der Waals surface area contributed by atoms with Gasteiger partial charge in [-0.25, -0.2) is 26.6 Å². The summed E-state index contributed by atoms with van der Waals surface area (Å²) in [5.74, 6) is -0.0970. The first-order valence-electron chi connectivity index (χ1n) is 9.22. The molecule has 1 aliphatic heterocycles. The highest BCUT2D eigenvalue weighted by molar-refractivity contribution is 7.89. The average molecular weight is 456 g/mol. The van der Waals surface area contributed by atoms with Gasteiger partial charge in [0.15, 0.2) is 10.6 Å². The number of aromatic amines is 1. The van der Waals surface area contributed by atoms with Crippen molar-refractivity contribution in [2.24, 2.45) is 7.05 Å². The number of H-pyrrole nitrogens is 1. The number of fused-ring (bicyclic) bond motifs is 1. The van der Waals surface area contributed by atoms with Crippen molar-refractivity contribution < 1.29 is 21.3 Å². The molecule has 0 atom stereocenters. The van der Waals surface area contributed by atoms with Crippen molar-refractivity contribution in [3.8, 4) is 0 Å². The van der Waals surface area contributed by atoms with Crippen molar-refractivity contribution in [1.82, 2.24) is 23.1 Å². The van der Waals surface area contributed by atoms with Crippen molar-refractivity contribution in [3.05, 3.63) is 40.8 Å². The molecule has 2 aromatic heterocycles. The second-order valence-electron chi connectivity index (χ2n) is 7.07. The van der Waals surface area contributed by atoms with Crippen LogP contribution < -0.4 is 5.76 Å². The Morgan fingerprint density at radius 2 is 1.70 bits per heavy atom. The number of rotatable bonds is 4. The number of aryl methyl sites for hydroxylation is 2. The number of hydrogen-bond acceptors (Lipinski definition) is 7. The van der Waals surface area contributed by atoms with Crippen LogP contribution in [0, 0.1) is 6.92 Å². The lowest BCUT2D eigenvalue weighted by Gasteiger charge is -2.21. The van der Waals surface area contributed by atoms with E-state index in [0.29, 0.717) is 12.2 Å². The molecule has 0 bridgehead atoms. The van der Waals surface area contributed by atoms with E-state index in [9.17, 15) is 21.6 Å². The fraction of sp³-hybridized carbons (Fsp3) is 0.412. The molecule has 1 N–H and O–H groups in total. The van der Waals surface area contributed by atoms with E-state index >= 15 is 0 Å². The third-order valence-electron chi connectivity index (χ3n) is 5.13. The number of imidazole rings is 1. The first-order valence-corrected chi connectivity index (χ1v) is 12.1. The second-order valence-corrected chi connectivity index (χ2v) is 10.9. The molecule has 0 saturated carbocycles. The van der Waals surface area contributed by atoms with Gasteiger partial charge in [-0.15, -0.1) is 0 Å². The van der Waals surface area contributed by atoms with Crippen LogP contribution in [0.2, 0.25) is 0 Å². The predicted molar refractivity (Wildman–Crippen MR) is 107 cm³/mol. The molecule has 11 nitrogen and oxygen atoms in total. The summed E-state index contributed by atoms with van der Waals surface area (Å²) in [6.45, 7) is 2.10. The highest BCUT2D eigenvalue weighted by atomic mass is 32.2. The quantitative estimate of drug-likeness (QED) is 0.595. The average Bonchev–Trinajstić information content (AvgIpc) is 3.10. The van der Waals surface area contributed by atoms with E-state index in [1.54, 1.807) is 18.5 Å². The Morgan fingerprint density at radius 1 is 1.03 bits per heavy atom. The molecule has 3 aromatic rings. The Hall–Kier alpha value is -2.48. The van der Waals surface area contributed by atoms with Crippen molar-refractivity contribution in [2.45, 2.75) is 23.3 Å². The first kappa shape index (κ1) is 20.8. The zero-order chi connectivity index (χ0) is 21.7. The number of hydrogen-bond donors (Lipinski definition) is 1. The van der Waals surface area contributed by atoms with Gasteiger partial charge in [-0.3, -0.25) is 4.98 Å². The number of nitrogens with zero attached hydrogens (tertiary/aromatic N) is 4. The van der Waals surface area contributed by atoms with Crippen molar-refractivity contribution in [3.63, 3.8) is 0 Å². The van der Waals surface area contributed by atoms with Gasteiger partial charge in [0.25, 0.3) is 10.0 Å². The SMILES string of the molecule is Cc1nc(S(=O)(=O)N2CCCN(S(=O)(=O)c3ccc4oc(=O)[nH]c4c3)CC2)cn1C. The van der Waals surface area contributed by atoms with Crippen LogP contribution in [0.5, 0.6) is 0 Å². The maximum atomic E-state index is 13.1. The van der Waals surface area contributed by atoms with E-state index in [2.05, 4.69) is 9.97 Å². The van der Waals surface area contributed by atoms with Crippen molar-refractivity contribution in [1.29, 1.82) is 0 Å². The third-order valence-corrected chi connectivity index (χ3v) is 8.80. The summed E-state index contributed by atoms with van der Waals surface area (Å²) in [6, 6.07) is 4.12. The Kier molecular flexibility index (Phi) is 5.08. The maximum Gasteiger partial charge on any atom is 0.417 e. The fourth-order valence-electron chi connectivity index (χ4n) is 3.37. The van der Waals surface area contributed by atoms with Crippen LogP contribution in [-0.4, -0.2) is 66.2 Å². The van der Waals surface area contributed by atoms with Gasteiger partial charge in [-0.05, 0) is 31.5 Å². The Bertz CT molecular complexity index is 1350. The number of benzene rings is 1. The lowest BCUT2D eigenvalue weighted by Crippen LogP contribution is -2.37. The normalized spacial score (nSPS) is 17.4. The van der Waals surface area contributed by atoms with E-state index in [4.69, 9.17) is 4.42 Å². The van der Waals surface area contributed by atoms with Crippen molar-refractivity contribution >= 4 is 31.1 Å². The first-order chi connectivity index (χ1) is 14.1. The third kappa shape index (κ3) is 3.57. The molecule has 0 unspecified atom stereocenters. The molecule has 0 amide bonds. The molecule has 1 saturated heterocycles. The Labute approximate surface area is 173 Å². The van der Waals surface area contributed by atoms with Crippen LogP contribution in [-0.2, 0) is 27.1 Å². The van der Waals surface area contributed by atoms with Gasteiger partial charge < -0.3 is 8.98 Å². The van der Waals surface area contributed by atoms with Crippen LogP contribution in [0.25, 0.3) is 11.1 Å². The fourth-order valence-corrected chi connectivity index (χ4v) is 6.37. The van der Waals surface area contributed by atoms with Gasteiger partial charge in [0.05, 0.1) is 10.4 Å². The van der Waals surface area contributed by atoms with E-state index in [1.807, 2.05) is 0 Å². The van der Waals surface area contributed by atoms with E-state index < -0.39 is 25.8 Å². The van der Waals surface area contributed by atoms with E-state index in [-0.39, 0.29) is 47.2 Å². The number of oxazole rings is 1. The van der Waals surface area contributed by atoms with Gasteiger partial charge >= 0.3 is 5.76 Å². The zero-order valence-electron chi connectivity index (χ0n) is 16.4. The zero-order valence-corrected chi connectivity index (χ0v) is 18.0. The van der Waals surface area contributed by atoms with Gasteiger partial charge in [0.1, 0.15) is 5.82 Å². The molecule has 4 rings (SSSR count). The topological polar surface area (TPSA) is 139 Å². The molecule has 1 fully saturated rings. The number of sulfonamides is 2. The summed E-state index contributed by atoms with van der Waals surface area (Å²) in [5.41, 5.74) is 0.545. The second kappa shape index (κ2) is 7.34. The maximum absolute atomic E-state index is 13.1. The van der Waals surface area contributed by atoms with Crippen LogP contribution in [0.3, 0.4) is 0 Å². The van der Waals surface area contributed by atoms with Gasteiger partial charge in [0.2, 0.25) is 10.0 Å². The minimum atomic E-state index is -3.88. The number of nitrogens with one attached hydrogen (secondary N) is 1. The molecule has 13 heteroatoms. The molecule has 0 aliphatic carbocycles. The monoisotopic (exact) mass is 455 g/mol. The van der Waals surface area contributed by atoms with Gasteiger partial charge in [-0.1, -0.05) is 0 Å². The summed E-state index contributed by atoms with van der Waals surface area (Å²) in [5, 5.41) is -0.0480. The summed E-state index contributed by atoms with van der Waals surface area (Å²) >= 11 is 0. The van der Waals surface area contributed by atoms with Crippen LogP contribution >= 0.6 is 0 Å². The molecule has 0 radical (unpaired) electrons. The summed E-state index contributed by atoms with van der Waals surface area (Å²) < 4.78 is 61.1. The lowest BCUT2D eigenvalue weighted by atomic mass is 10.3. The molecular weight excluding hydrogens is 434 g/mol. The minimum absolute atomic E-state index is 0.00343. The molecule has 1 aliphatic rings. The van der Waals surface area contributed by atoms with Gasteiger partial charge in [0, 0.05) is 39.4 Å². The van der Waals surface area contributed by atoms with E-state index in [1.165, 1.54) is 33.0 Å². The van der Waals surface area contributed by atoms with Crippen molar-refractivity contribution in [2.75, 3.05) is 26.2 Å². The van der Waals surface area contributed by atoms with Crippen LogP contribution in [0.4, 0.5) is 0 Å². The standard InChI is InChI=1S/C17H21N5O6S2/c1-12-18-16(11-20(12)2)30(26,27)22-7-3-6-21(8-9-22)29(24,25)13-4-5-15-14(10-13)19-17(23)28-15/h4-5,10-11H,3,6-9H2,1-2H3,(H,19,23). The molecule has 162 valence electrons. The van der Waals surface area contributed by atoms with Crippen LogP contribution in [0.1, 0.15) is 12.2 Å². The minimum Gasteiger partial charge on any atom is -0.408 e. The van der Waals surface area contributed by atoms with E-state index in [0.717, 1.165) is 0 Å². The highest BCUT2D eigenvalue weighted by Gasteiger charge is 2.33. The highest BCUT2D eigenvalue weighted by Crippen LogP contribution is 2.23. The van der Waals surface area contributed by atoms with Gasteiger partial charge in [-0.2, -0.15) is 8.61 Å². The summed E-state index contributed by atoms with van der Waals surface area (Å²) in [7, 11) is -5.98.